The fourth-order valence-electron chi connectivity index (χ4n) is 1.56. The second kappa shape index (κ2) is 4.99. The summed E-state index contributed by atoms with van der Waals surface area (Å²) in [6, 6.07) is 7.79. The highest BCUT2D eigenvalue weighted by Gasteiger charge is 2.02. The summed E-state index contributed by atoms with van der Waals surface area (Å²) in [6.07, 6.45) is 1.07. The number of aryl methyl sites for hydroxylation is 1. The van der Waals surface area contributed by atoms with Gasteiger partial charge in [0, 0.05) is 4.88 Å². The molecule has 0 aromatic carbocycles. The first kappa shape index (κ1) is 11.0. The number of rotatable bonds is 4. The van der Waals surface area contributed by atoms with Gasteiger partial charge in [-0.15, -0.1) is 11.3 Å². The third-order valence-corrected chi connectivity index (χ3v) is 3.38. The highest BCUT2D eigenvalue weighted by Crippen LogP contribution is 2.18. The van der Waals surface area contributed by atoms with Gasteiger partial charge in [-0.25, -0.2) is 4.98 Å². The van der Waals surface area contributed by atoms with Gasteiger partial charge in [0.2, 0.25) is 0 Å². The molecule has 2 rings (SSSR count). The van der Waals surface area contributed by atoms with Gasteiger partial charge in [0.05, 0.1) is 6.54 Å². The maximum absolute atomic E-state index is 5.62. The van der Waals surface area contributed by atoms with E-state index in [4.69, 9.17) is 5.73 Å². The molecule has 4 heteroatoms. The summed E-state index contributed by atoms with van der Waals surface area (Å²) in [5.74, 6) is 1.38. The van der Waals surface area contributed by atoms with Crippen molar-refractivity contribution in [3.8, 4) is 0 Å². The van der Waals surface area contributed by atoms with E-state index in [1.54, 1.807) is 17.4 Å². The number of hydrogen-bond acceptors (Lipinski definition) is 4. The number of aromatic nitrogens is 1. The van der Waals surface area contributed by atoms with Crippen molar-refractivity contribution < 1.29 is 0 Å². The lowest BCUT2D eigenvalue weighted by Crippen LogP contribution is -2.02. The molecule has 0 saturated carbocycles. The Morgan fingerprint density at radius 1 is 1.38 bits per heavy atom. The summed E-state index contributed by atoms with van der Waals surface area (Å²) in [5.41, 5.74) is 7.02. The van der Waals surface area contributed by atoms with Gasteiger partial charge >= 0.3 is 0 Å². The second-order valence-corrected chi connectivity index (χ2v) is 4.52. The summed E-state index contributed by atoms with van der Waals surface area (Å²) in [6.45, 7) is 2.99. The number of nitrogens with two attached hydrogens (primary N) is 1. The molecule has 2 aromatic heterocycles. The molecular formula is C12H15N3S. The molecule has 0 aliphatic rings. The Kier molecular flexibility index (Phi) is 3.41. The number of anilines is 2. The van der Waals surface area contributed by atoms with Crippen LogP contribution in [0.15, 0.2) is 29.6 Å². The molecule has 2 aromatic rings. The molecule has 0 aliphatic heterocycles. The highest BCUT2D eigenvalue weighted by molar-refractivity contribution is 7.10. The van der Waals surface area contributed by atoms with Crippen molar-refractivity contribution in [3.63, 3.8) is 0 Å². The smallest absolute Gasteiger partial charge is 0.128 e. The number of hydrogen-bond donors (Lipinski definition) is 2. The van der Waals surface area contributed by atoms with E-state index in [9.17, 15) is 0 Å². The van der Waals surface area contributed by atoms with Crippen LogP contribution in [0.1, 0.15) is 17.4 Å². The van der Waals surface area contributed by atoms with Crippen LogP contribution in [-0.4, -0.2) is 4.98 Å². The first-order valence-corrected chi connectivity index (χ1v) is 6.19. The fourth-order valence-corrected chi connectivity index (χ4v) is 2.47. The van der Waals surface area contributed by atoms with Gasteiger partial charge in [-0.2, -0.15) is 0 Å². The molecule has 0 amide bonds. The van der Waals surface area contributed by atoms with Gasteiger partial charge in [-0.05, 0) is 35.6 Å². The zero-order chi connectivity index (χ0) is 11.4. The van der Waals surface area contributed by atoms with Crippen LogP contribution in [0.3, 0.4) is 0 Å². The second-order valence-electron chi connectivity index (χ2n) is 3.52. The predicted octanol–water partition coefficient (Wildman–Crippen LogP) is 2.90. The van der Waals surface area contributed by atoms with E-state index in [-0.39, 0.29) is 0 Å². The maximum Gasteiger partial charge on any atom is 0.128 e. The Balaban J connectivity index is 2.02. The van der Waals surface area contributed by atoms with Gasteiger partial charge in [-0.3, -0.25) is 0 Å². The molecule has 3 N–H and O–H groups in total. The predicted molar refractivity (Wildman–Crippen MR) is 69.7 cm³/mol. The Bertz CT molecular complexity index is 465. The van der Waals surface area contributed by atoms with Crippen molar-refractivity contribution in [3.05, 3.63) is 40.1 Å². The molecular weight excluding hydrogens is 218 g/mol. The number of thiophene rings is 1. The maximum atomic E-state index is 5.62. The molecule has 0 aliphatic carbocycles. The number of nitrogens with zero attached hydrogens (tertiary/aromatic N) is 1. The molecule has 0 radical (unpaired) electrons. The molecule has 0 spiro atoms. The molecule has 2 heterocycles. The van der Waals surface area contributed by atoms with E-state index in [1.807, 2.05) is 12.1 Å². The summed E-state index contributed by atoms with van der Waals surface area (Å²) >= 11 is 1.78. The Morgan fingerprint density at radius 3 is 3.00 bits per heavy atom. The van der Waals surface area contributed by atoms with Crippen molar-refractivity contribution in [1.82, 2.24) is 4.98 Å². The Hall–Kier alpha value is -1.55. The Morgan fingerprint density at radius 2 is 2.25 bits per heavy atom. The van der Waals surface area contributed by atoms with E-state index < -0.39 is 0 Å². The van der Waals surface area contributed by atoms with Crippen molar-refractivity contribution in [1.29, 1.82) is 0 Å². The largest absolute Gasteiger partial charge is 0.384 e. The van der Waals surface area contributed by atoms with Gasteiger partial charge < -0.3 is 11.1 Å². The first-order chi connectivity index (χ1) is 7.79. The van der Waals surface area contributed by atoms with Crippen LogP contribution < -0.4 is 11.1 Å². The minimum Gasteiger partial charge on any atom is -0.384 e. The van der Waals surface area contributed by atoms with E-state index >= 15 is 0 Å². The van der Waals surface area contributed by atoms with Crippen LogP contribution in [0.5, 0.6) is 0 Å². The van der Waals surface area contributed by atoms with Crippen molar-refractivity contribution >= 4 is 23.0 Å². The van der Waals surface area contributed by atoms with E-state index in [2.05, 4.69) is 28.7 Å². The number of nitrogen functional groups attached to an aromatic ring is 1. The highest BCUT2D eigenvalue weighted by atomic mass is 32.1. The SMILES string of the molecule is CCc1ccsc1CNc1cccc(N)n1. The number of nitrogens with one attached hydrogen (secondary N) is 1. The van der Waals surface area contributed by atoms with Gasteiger partial charge in [0.25, 0.3) is 0 Å². The third kappa shape index (κ3) is 2.52. The number of pyridine rings is 1. The topological polar surface area (TPSA) is 50.9 Å². The quantitative estimate of drug-likeness (QED) is 0.853. The van der Waals surface area contributed by atoms with Crippen LogP contribution in [0.2, 0.25) is 0 Å². The Labute approximate surface area is 99.3 Å². The molecule has 16 heavy (non-hydrogen) atoms. The minimum atomic E-state index is 0.548. The zero-order valence-electron chi connectivity index (χ0n) is 9.23. The van der Waals surface area contributed by atoms with E-state index in [0.29, 0.717) is 5.82 Å². The van der Waals surface area contributed by atoms with Crippen LogP contribution >= 0.6 is 11.3 Å². The molecule has 3 nitrogen and oxygen atoms in total. The average Bonchev–Trinajstić information content (AvgIpc) is 2.74. The van der Waals surface area contributed by atoms with Crippen LogP contribution in [0, 0.1) is 0 Å². The van der Waals surface area contributed by atoms with Crippen LogP contribution in [0.4, 0.5) is 11.6 Å². The van der Waals surface area contributed by atoms with Crippen LogP contribution in [0.25, 0.3) is 0 Å². The van der Waals surface area contributed by atoms with Crippen molar-refractivity contribution in [2.45, 2.75) is 19.9 Å². The monoisotopic (exact) mass is 233 g/mol. The lowest BCUT2D eigenvalue weighted by Gasteiger charge is -2.06. The van der Waals surface area contributed by atoms with Crippen molar-refractivity contribution in [2.75, 3.05) is 11.1 Å². The lowest BCUT2D eigenvalue weighted by atomic mass is 10.2. The van der Waals surface area contributed by atoms with Crippen molar-refractivity contribution in [2.24, 2.45) is 0 Å². The van der Waals surface area contributed by atoms with E-state index in [0.717, 1.165) is 18.8 Å². The summed E-state index contributed by atoms with van der Waals surface area (Å²) in [7, 11) is 0. The molecule has 0 unspecified atom stereocenters. The third-order valence-electron chi connectivity index (χ3n) is 2.42. The molecule has 0 saturated heterocycles. The standard InChI is InChI=1S/C12H15N3S/c1-2-9-6-7-16-10(9)8-14-12-5-3-4-11(13)15-12/h3-7H,2,8H2,1H3,(H3,13,14,15). The summed E-state index contributed by atoms with van der Waals surface area (Å²) in [5, 5.41) is 5.41. The fraction of sp³-hybridized carbons (Fsp3) is 0.250. The normalized spacial score (nSPS) is 10.3. The van der Waals surface area contributed by atoms with Gasteiger partial charge in [-0.1, -0.05) is 13.0 Å². The van der Waals surface area contributed by atoms with Gasteiger partial charge in [0.15, 0.2) is 0 Å². The molecule has 84 valence electrons. The first-order valence-electron chi connectivity index (χ1n) is 5.31. The average molecular weight is 233 g/mol. The van der Waals surface area contributed by atoms with E-state index in [1.165, 1.54) is 10.4 Å². The zero-order valence-corrected chi connectivity index (χ0v) is 10.1. The lowest BCUT2D eigenvalue weighted by molar-refractivity contribution is 1.07. The molecule has 0 atom stereocenters. The van der Waals surface area contributed by atoms with Gasteiger partial charge in [0.1, 0.15) is 11.6 Å². The molecule has 0 bridgehead atoms. The van der Waals surface area contributed by atoms with Crippen LogP contribution in [-0.2, 0) is 13.0 Å². The molecule has 0 fully saturated rings. The summed E-state index contributed by atoms with van der Waals surface area (Å²) in [4.78, 5) is 5.57. The summed E-state index contributed by atoms with van der Waals surface area (Å²) < 4.78 is 0. The minimum absolute atomic E-state index is 0.548.